The number of hydrogen-bond donors (Lipinski definition) is 2. The Morgan fingerprint density at radius 3 is 2.74 bits per heavy atom. The van der Waals surface area contributed by atoms with Crippen molar-refractivity contribution >= 4 is 11.8 Å². The van der Waals surface area contributed by atoms with E-state index in [0.717, 1.165) is 51.3 Å². The Kier molecular flexibility index (Phi) is 4.39. The maximum Gasteiger partial charge on any atom is 0.0795 e. The molecule has 2 atom stereocenters. The van der Waals surface area contributed by atoms with E-state index in [4.69, 9.17) is 9.47 Å². The first-order valence-corrected chi connectivity index (χ1v) is 8.59. The molecule has 2 unspecified atom stereocenters. The van der Waals surface area contributed by atoms with Crippen LogP contribution in [-0.4, -0.2) is 60.2 Å². The molecule has 0 saturated carbocycles. The Morgan fingerprint density at radius 2 is 2.05 bits per heavy atom. The molecule has 0 radical (unpaired) electrons. The molecule has 5 heteroatoms. The first kappa shape index (κ1) is 14.1. The summed E-state index contributed by atoms with van der Waals surface area (Å²) in [6.07, 6.45) is 5.19. The Bertz CT molecular complexity index is 301. The topological polar surface area (TPSA) is 50.7 Å². The van der Waals surface area contributed by atoms with Crippen LogP contribution in [0.3, 0.4) is 0 Å². The van der Waals surface area contributed by atoms with Crippen LogP contribution in [0.2, 0.25) is 0 Å². The van der Waals surface area contributed by atoms with Crippen LogP contribution in [0.4, 0.5) is 0 Å². The van der Waals surface area contributed by atoms with Crippen LogP contribution in [0.25, 0.3) is 0 Å². The van der Waals surface area contributed by atoms with Crippen LogP contribution in [0.1, 0.15) is 32.1 Å². The van der Waals surface area contributed by atoms with Crippen molar-refractivity contribution in [3.05, 3.63) is 0 Å². The molecule has 0 aromatic heterocycles. The van der Waals surface area contributed by atoms with Crippen LogP contribution in [0.5, 0.6) is 0 Å². The quantitative estimate of drug-likeness (QED) is 0.816. The van der Waals surface area contributed by atoms with Crippen molar-refractivity contribution < 1.29 is 14.6 Å². The Balaban J connectivity index is 1.61. The zero-order valence-electron chi connectivity index (χ0n) is 11.5. The summed E-state index contributed by atoms with van der Waals surface area (Å²) in [7, 11) is 0. The maximum atomic E-state index is 9.78. The number of rotatable bonds is 3. The monoisotopic (exact) mass is 287 g/mol. The predicted octanol–water partition coefficient (Wildman–Crippen LogP) is 1.17. The summed E-state index contributed by atoms with van der Waals surface area (Å²) in [5.41, 5.74) is -0.00438. The number of nitrogens with one attached hydrogen (secondary N) is 1. The molecule has 3 fully saturated rings. The summed E-state index contributed by atoms with van der Waals surface area (Å²) in [6.45, 7) is 2.60. The molecule has 3 saturated heterocycles. The third kappa shape index (κ3) is 3.10. The molecule has 2 N–H and O–H groups in total. The summed E-state index contributed by atoms with van der Waals surface area (Å²) in [5.74, 6) is 2.37. The summed E-state index contributed by atoms with van der Waals surface area (Å²) in [6, 6.07) is 0.484. The van der Waals surface area contributed by atoms with Crippen molar-refractivity contribution in [1.82, 2.24) is 5.32 Å². The van der Waals surface area contributed by atoms with Gasteiger partial charge >= 0.3 is 0 Å². The minimum Gasteiger partial charge on any atom is -0.394 e. The fraction of sp³-hybridized carbons (Fsp3) is 1.00. The van der Waals surface area contributed by atoms with Crippen molar-refractivity contribution in [3.8, 4) is 0 Å². The van der Waals surface area contributed by atoms with Crippen LogP contribution in [-0.2, 0) is 9.47 Å². The number of aliphatic hydroxyl groups excluding tert-OH is 1. The van der Waals surface area contributed by atoms with E-state index >= 15 is 0 Å². The largest absolute Gasteiger partial charge is 0.394 e. The SMILES string of the molecule is OCC1(NC2CCOC3(CCSC3)C2)CCOCC1. The Labute approximate surface area is 119 Å². The van der Waals surface area contributed by atoms with Gasteiger partial charge in [-0.05, 0) is 37.9 Å². The fourth-order valence-electron chi connectivity index (χ4n) is 3.56. The molecule has 3 aliphatic heterocycles. The smallest absolute Gasteiger partial charge is 0.0795 e. The Morgan fingerprint density at radius 1 is 1.21 bits per heavy atom. The highest BCUT2D eigenvalue weighted by Crippen LogP contribution is 2.39. The van der Waals surface area contributed by atoms with Crippen LogP contribution < -0.4 is 5.32 Å². The highest BCUT2D eigenvalue weighted by atomic mass is 32.2. The van der Waals surface area contributed by atoms with Gasteiger partial charge in [-0.3, -0.25) is 0 Å². The van der Waals surface area contributed by atoms with Gasteiger partial charge in [0.2, 0.25) is 0 Å². The highest BCUT2D eigenvalue weighted by Gasteiger charge is 2.43. The van der Waals surface area contributed by atoms with Crippen molar-refractivity contribution in [3.63, 3.8) is 0 Å². The van der Waals surface area contributed by atoms with E-state index in [9.17, 15) is 5.11 Å². The van der Waals surface area contributed by atoms with Gasteiger partial charge in [0.05, 0.1) is 12.2 Å². The molecular formula is C14H25NO3S. The first-order valence-electron chi connectivity index (χ1n) is 7.44. The summed E-state index contributed by atoms with van der Waals surface area (Å²) in [4.78, 5) is 0. The van der Waals surface area contributed by atoms with Crippen molar-refractivity contribution in [2.45, 2.75) is 49.3 Å². The lowest BCUT2D eigenvalue weighted by molar-refractivity contribution is -0.0803. The third-order valence-electron chi connectivity index (χ3n) is 4.82. The fourth-order valence-corrected chi connectivity index (χ4v) is 4.94. The molecule has 0 aliphatic carbocycles. The molecule has 0 aromatic carbocycles. The second kappa shape index (κ2) is 5.90. The van der Waals surface area contributed by atoms with Crippen molar-refractivity contribution in [2.75, 3.05) is 37.9 Å². The van der Waals surface area contributed by atoms with E-state index in [-0.39, 0.29) is 17.7 Å². The lowest BCUT2D eigenvalue weighted by Crippen LogP contribution is -2.59. The molecule has 4 nitrogen and oxygen atoms in total. The van der Waals surface area contributed by atoms with Gasteiger partial charge in [-0.25, -0.2) is 0 Å². The maximum absolute atomic E-state index is 9.78. The van der Waals surface area contributed by atoms with Gasteiger partial charge in [0.1, 0.15) is 0 Å². The molecular weight excluding hydrogens is 262 g/mol. The molecule has 3 aliphatic rings. The minimum atomic E-state index is -0.118. The minimum absolute atomic E-state index is 0.113. The summed E-state index contributed by atoms with van der Waals surface area (Å²) in [5, 5.41) is 13.5. The van der Waals surface area contributed by atoms with Crippen molar-refractivity contribution in [1.29, 1.82) is 0 Å². The predicted molar refractivity (Wildman–Crippen MR) is 76.7 cm³/mol. The average Bonchev–Trinajstić information content (AvgIpc) is 2.88. The van der Waals surface area contributed by atoms with Gasteiger partial charge in [0.25, 0.3) is 0 Å². The molecule has 19 heavy (non-hydrogen) atoms. The zero-order chi connectivity index (χ0) is 13.2. The first-order chi connectivity index (χ1) is 9.26. The van der Waals surface area contributed by atoms with Gasteiger partial charge < -0.3 is 19.9 Å². The average molecular weight is 287 g/mol. The molecule has 0 aromatic rings. The van der Waals surface area contributed by atoms with E-state index in [1.807, 2.05) is 11.8 Å². The third-order valence-corrected chi connectivity index (χ3v) is 6.05. The van der Waals surface area contributed by atoms with Gasteiger partial charge in [-0.1, -0.05) is 0 Å². The Hall–Kier alpha value is 0.190. The number of ether oxygens (including phenoxy) is 2. The normalized spacial score (nSPS) is 38.7. The van der Waals surface area contributed by atoms with Crippen LogP contribution >= 0.6 is 11.8 Å². The molecule has 3 heterocycles. The molecule has 110 valence electrons. The van der Waals surface area contributed by atoms with Crippen molar-refractivity contribution in [2.24, 2.45) is 0 Å². The van der Waals surface area contributed by atoms with Gasteiger partial charge in [-0.15, -0.1) is 0 Å². The molecule has 3 rings (SSSR count). The lowest BCUT2D eigenvalue weighted by Gasteiger charge is -2.44. The van der Waals surface area contributed by atoms with E-state index in [0.29, 0.717) is 6.04 Å². The highest BCUT2D eigenvalue weighted by molar-refractivity contribution is 7.99. The van der Waals surface area contributed by atoms with E-state index in [1.54, 1.807) is 0 Å². The second-order valence-electron chi connectivity index (χ2n) is 6.22. The second-order valence-corrected chi connectivity index (χ2v) is 7.32. The van der Waals surface area contributed by atoms with Gasteiger partial charge in [-0.2, -0.15) is 11.8 Å². The van der Waals surface area contributed by atoms with Crippen LogP contribution in [0.15, 0.2) is 0 Å². The summed E-state index contributed by atoms with van der Waals surface area (Å²) < 4.78 is 11.5. The van der Waals surface area contributed by atoms with Gasteiger partial charge in [0.15, 0.2) is 0 Å². The molecule has 1 spiro atoms. The molecule has 0 bridgehead atoms. The van der Waals surface area contributed by atoms with Crippen LogP contribution in [0, 0.1) is 0 Å². The summed E-state index contributed by atoms with van der Waals surface area (Å²) >= 11 is 2.01. The van der Waals surface area contributed by atoms with E-state index < -0.39 is 0 Å². The molecule has 0 amide bonds. The number of aliphatic hydroxyl groups is 1. The standard InChI is InChI=1S/C14H25NO3S/c16-10-13(2-6-17-7-3-13)15-12-1-5-18-14(9-12)4-8-19-11-14/h12,15-16H,1-11H2. The number of hydrogen-bond acceptors (Lipinski definition) is 5. The van der Waals surface area contributed by atoms with E-state index in [1.165, 1.54) is 12.2 Å². The van der Waals surface area contributed by atoms with E-state index in [2.05, 4.69) is 5.32 Å². The lowest BCUT2D eigenvalue weighted by atomic mass is 9.85. The zero-order valence-corrected chi connectivity index (χ0v) is 12.3. The number of thioether (sulfide) groups is 1. The van der Waals surface area contributed by atoms with Gasteiger partial charge in [0, 0.05) is 37.2 Å².